The lowest BCUT2D eigenvalue weighted by atomic mass is 10.2. The Hall–Kier alpha value is -4.19. The van der Waals surface area contributed by atoms with E-state index in [9.17, 15) is 27.6 Å². The Morgan fingerprint density at radius 3 is 2.08 bits per heavy atom. The Bertz CT molecular complexity index is 1780. The zero-order valence-corrected chi connectivity index (χ0v) is 22.5. The van der Waals surface area contributed by atoms with Crippen molar-refractivity contribution >= 4 is 52.3 Å². The van der Waals surface area contributed by atoms with Gasteiger partial charge in [0.2, 0.25) is 26.8 Å². The van der Waals surface area contributed by atoms with Gasteiger partial charge in [0.25, 0.3) is 5.56 Å². The fourth-order valence-electron chi connectivity index (χ4n) is 4.06. The van der Waals surface area contributed by atoms with Gasteiger partial charge in [-0.2, -0.15) is 4.98 Å². The number of carbonyl (C=O) groups is 2. The van der Waals surface area contributed by atoms with Crippen LogP contribution >= 0.6 is 0 Å². The zero-order valence-electron chi connectivity index (χ0n) is 21.6. The molecular formula is C24H26BN7O6S. The van der Waals surface area contributed by atoms with Crippen LogP contribution in [0, 0.1) is 23.7 Å². The van der Waals surface area contributed by atoms with Crippen molar-refractivity contribution in [3.05, 3.63) is 38.5 Å². The van der Waals surface area contributed by atoms with Crippen LogP contribution in [0.25, 0.3) is 11.2 Å². The minimum atomic E-state index is -3.77. The van der Waals surface area contributed by atoms with E-state index >= 15 is 0 Å². The molecule has 0 spiro atoms. The third-order valence-electron chi connectivity index (χ3n) is 6.67. The molecular weight excluding hydrogens is 525 g/mol. The van der Waals surface area contributed by atoms with Gasteiger partial charge in [0, 0.05) is 37.1 Å². The number of imidazole rings is 1. The topological polar surface area (TPSA) is 167 Å². The molecule has 0 aliphatic heterocycles. The van der Waals surface area contributed by atoms with Crippen molar-refractivity contribution in [2.45, 2.75) is 37.4 Å². The van der Waals surface area contributed by atoms with Gasteiger partial charge in [-0.25, -0.2) is 18.2 Å². The van der Waals surface area contributed by atoms with Crippen molar-refractivity contribution in [2.75, 3.05) is 16.3 Å². The number of rotatable bonds is 7. The number of hydrogen-bond acceptors (Lipinski definition) is 8. The second-order valence-electron chi connectivity index (χ2n) is 9.72. The lowest BCUT2D eigenvalue weighted by Crippen LogP contribution is -2.38. The van der Waals surface area contributed by atoms with Crippen LogP contribution in [0.5, 0.6) is 0 Å². The molecule has 2 N–H and O–H groups in total. The van der Waals surface area contributed by atoms with Gasteiger partial charge in [0.1, 0.15) is 19.5 Å². The normalized spacial score (nSPS) is 15.0. The summed E-state index contributed by atoms with van der Waals surface area (Å²) in [4.78, 5) is 58.7. The summed E-state index contributed by atoms with van der Waals surface area (Å²) in [6.45, 7) is -0.206. The molecule has 0 atom stereocenters. The maximum Gasteiger partial charge on any atom is 0.333 e. The molecule has 13 nitrogen and oxygen atoms in total. The first-order chi connectivity index (χ1) is 18.5. The monoisotopic (exact) mass is 551 g/mol. The minimum Gasteiger partial charge on any atom is -0.312 e. The highest BCUT2D eigenvalue weighted by Crippen LogP contribution is 2.31. The first-order valence-corrected chi connectivity index (χ1v) is 14.2. The molecule has 0 saturated heterocycles. The van der Waals surface area contributed by atoms with Gasteiger partial charge < -0.3 is 15.2 Å². The molecule has 2 aliphatic rings. The summed E-state index contributed by atoms with van der Waals surface area (Å²) < 4.78 is 28.2. The van der Waals surface area contributed by atoms with E-state index in [-0.39, 0.29) is 63.8 Å². The number of aromatic nitrogens is 5. The molecule has 3 aromatic heterocycles. The Kier molecular flexibility index (Phi) is 6.67. The predicted molar refractivity (Wildman–Crippen MR) is 145 cm³/mol. The molecule has 0 radical (unpaired) electrons. The van der Waals surface area contributed by atoms with Crippen molar-refractivity contribution in [1.29, 1.82) is 0 Å². The largest absolute Gasteiger partial charge is 0.333 e. The maximum absolute atomic E-state index is 12.9. The number of nitrogens with zero attached hydrogens (tertiary/aromatic N) is 5. The molecule has 202 valence electrons. The van der Waals surface area contributed by atoms with Gasteiger partial charge in [-0.3, -0.25) is 23.5 Å². The van der Waals surface area contributed by atoms with Crippen LogP contribution in [0.3, 0.4) is 0 Å². The Labute approximate surface area is 224 Å². The summed E-state index contributed by atoms with van der Waals surface area (Å²) in [5.41, 5.74) is -1.30. The highest BCUT2D eigenvalue weighted by Gasteiger charge is 2.31. The molecule has 3 heterocycles. The molecule has 15 heteroatoms. The van der Waals surface area contributed by atoms with Gasteiger partial charge in [-0.15, -0.1) is 0 Å². The summed E-state index contributed by atoms with van der Waals surface area (Å²) in [6.07, 6.45) is 3.25. The van der Waals surface area contributed by atoms with Crippen molar-refractivity contribution in [1.82, 2.24) is 23.7 Å². The molecule has 2 aliphatic carbocycles. The number of pyridine rings is 1. The maximum atomic E-state index is 12.9. The second-order valence-corrected chi connectivity index (χ2v) is 11.9. The van der Waals surface area contributed by atoms with Crippen LogP contribution in [0.2, 0.25) is 0 Å². The SMILES string of the molecule is BCS(=O)(=O)c1nc2c(c(=O)n(C)c(=O)n2CC#Cc2cc(NC(=O)C3CC3)nc(NC(=O)C3CC3)c2)n1C. The number of carbonyl (C=O) groups excluding carboxylic acids is 2. The predicted octanol–water partition coefficient (Wildman–Crippen LogP) is -1.06. The third kappa shape index (κ3) is 5.24. The number of aryl methyl sites for hydroxylation is 1. The van der Waals surface area contributed by atoms with Crippen LogP contribution < -0.4 is 21.9 Å². The van der Waals surface area contributed by atoms with E-state index in [1.54, 1.807) is 12.1 Å². The Morgan fingerprint density at radius 2 is 1.56 bits per heavy atom. The summed E-state index contributed by atoms with van der Waals surface area (Å²) in [5, 5.41) is 5.19. The summed E-state index contributed by atoms with van der Waals surface area (Å²) >= 11 is 0. The molecule has 5 rings (SSSR count). The average Bonchev–Trinajstić information content (AvgIpc) is 3.80. The Morgan fingerprint density at radius 1 is 1.00 bits per heavy atom. The van der Waals surface area contributed by atoms with E-state index in [4.69, 9.17) is 0 Å². The summed E-state index contributed by atoms with van der Waals surface area (Å²) in [7, 11) is 0.393. The fraction of sp³-hybridized carbons (Fsp3) is 0.417. The standard InChI is InChI=1S/C24H26BN7O6S/c1-30-18-19(29-23(30)39(37,38)12-25)32(24(36)31(2)22(18)35)9-3-4-13-10-16(27-20(33)14-5-6-14)26-17(11-13)28-21(34)15-7-8-15/h10-11,14-15H,5-9,12,25H2,1-2H3,(H2,26,27,28,33,34). The first kappa shape index (κ1) is 26.4. The number of anilines is 2. The van der Waals surface area contributed by atoms with E-state index < -0.39 is 21.1 Å². The smallest absolute Gasteiger partial charge is 0.312 e. The molecule has 0 aromatic carbocycles. The Balaban J connectivity index is 1.52. The highest BCUT2D eigenvalue weighted by molar-refractivity contribution is 7.92. The van der Waals surface area contributed by atoms with E-state index in [1.165, 1.54) is 26.5 Å². The molecule has 2 amide bonds. The second kappa shape index (κ2) is 9.85. The van der Waals surface area contributed by atoms with Crippen LogP contribution in [0.4, 0.5) is 11.6 Å². The first-order valence-electron chi connectivity index (χ1n) is 12.5. The lowest BCUT2D eigenvalue weighted by molar-refractivity contribution is -0.118. The van der Waals surface area contributed by atoms with Crippen LogP contribution in [0.1, 0.15) is 31.2 Å². The fourth-order valence-corrected chi connectivity index (χ4v) is 5.05. The summed E-state index contributed by atoms with van der Waals surface area (Å²) in [6, 6.07) is 3.12. The molecule has 0 unspecified atom stereocenters. The van der Waals surface area contributed by atoms with Crippen LogP contribution in [0.15, 0.2) is 26.9 Å². The number of hydrogen-bond donors (Lipinski definition) is 2. The number of fused-ring (bicyclic) bond motifs is 1. The van der Waals surface area contributed by atoms with Crippen molar-refractivity contribution < 1.29 is 18.0 Å². The van der Waals surface area contributed by atoms with Gasteiger partial charge in [-0.1, -0.05) is 11.8 Å². The summed E-state index contributed by atoms with van der Waals surface area (Å²) in [5.74, 6) is 5.84. The van der Waals surface area contributed by atoms with Crippen LogP contribution in [-0.2, 0) is 40.1 Å². The number of amides is 2. The molecule has 39 heavy (non-hydrogen) atoms. The van der Waals surface area contributed by atoms with Crippen molar-refractivity contribution in [3.8, 4) is 11.8 Å². The third-order valence-corrected chi connectivity index (χ3v) is 8.35. The zero-order chi connectivity index (χ0) is 28.1. The van der Waals surface area contributed by atoms with Gasteiger partial charge in [-0.05, 0) is 37.8 Å². The van der Waals surface area contributed by atoms with E-state index in [2.05, 4.69) is 32.4 Å². The molecule has 3 aromatic rings. The van der Waals surface area contributed by atoms with E-state index in [1.807, 2.05) is 0 Å². The van der Waals surface area contributed by atoms with Crippen LogP contribution in [-0.4, -0.2) is 57.4 Å². The molecule has 2 fully saturated rings. The minimum absolute atomic E-state index is 0.0371. The lowest BCUT2D eigenvalue weighted by Gasteiger charge is -2.09. The number of nitrogens with one attached hydrogen (secondary N) is 2. The van der Waals surface area contributed by atoms with E-state index in [0.29, 0.717) is 5.56 Å². The molecule has 0 bridgehead atoms. The van der Waals surface area contributed by atoms with E-state index in [0.717, 1.165) is 34.8 Å². The highest BCUT2D eigenvalue weighted by atomic mass is 32.2. The van der Waals surface area contributed by atoms with Crippen molar-refractivity contribution in [3.63, 3.8) is 0 Å². The average molecular weight is 551 g/mol. The number of sulfone groups is 1. The van der Waals surface area contributed by atoms with Crippen molar-refractivity contribution in [2.24, 2.45) is 25.9 Å². The quantitative estimate of drug-likeness (QED) is 0.277. The molecule has 2 saturated carbocycles. The van der Waals surface area contributed by atoms with Gasteiger partial charge in [0.15, 0.2) is 11.2 Å². The van der Waals surface area contributed by atoms with Gasteiger partial charge in [0.05, 0.1) is 6.54 Å². The van der Waals surface area contributed by atoms with Gasteiger partial charge >= 0.3 is 5.69 Å².